The van der Waals surface area contributed by atoms with Crippen molar-refractivity contribution in [3.05, 3.63) is 65.1 Å². The quantitative estimate of drug-likeness (QED) is 0.799. The van der Waals surface area contributed by atoms with E-state index in [4.69, 9.17) is 0 Å². The van der Waals surface area contributed by atoms with Crippen LogP contribution in [-0.2, 0) is 6.54 Å². The van der Waals surface area contributed by atoms with Gasteiger partial charge in [0.1, 0.15) is 17.7 Å². The minimum atomic E-state index is 0.583. The molecule has 0 aromatic carbocycles. The van der Waals surface area contributed by atoms with Crippen molar-refractivity contribution in [1.29, 1.82) is 5.26 Å². The number of aromatic nitrogens is 4. The molecule has 0 saturated carbocycles. The van der Waals surface area contributed by atoms with Crippen LogP contribution in [0.2, 0.25) is 0 Å². The van der Waals surface area contributed by atoms with E-state index in [1.54, 1.807) is 6.20 Å². The van der Waals surface area contributed by atoms with Crippen molar-refractivity contribution in [3.63, 3.8) is 0 Å². The molecule has 0 aliphatic carbocycles. The molecule has 0 spiro atoms. The van der Waals surface area contributed by atoms with Gasteiger partial charge in [-0.15, -0.1) is 0 Å². The Morgan fingerprint density at radius 3 is 2.67 bits per heavy atom. The zero-order valence-electron chi connectivity index (χ0n) is 13.9. The van der Waals surface area contributed by atoms with Gasteiger partial charge in [0, 0.05) is 30.8 Å². The van der Waals surface area contributed by atoms with Crippen LogP contribution in [0.3, 0.4) is 0 Å². The Morgan fingerprint density at radius 2 is 2.04 bits per heavy atom. The first-order chi connectivity index (χ1) is 11.6. The highest BCUT2D eigenvalue weighted by Crippen LogP contribution is 2.19. The smallest absolute Gasteiger partial charge is 0.137 e. The van der Waals surface area contributed by atoms with Gasteiger partial charge in [-0.1, -0.05) is 6.07 Å². The van der Waals surface area contributed by atoms with E-state index in [2.05, 4.69) is 26.3 Å². The van der Waals surface area contributed by atoms with Crippen molar-refractivity contribution in [2.45, 2.75) is 27.3 Å². The Labute approximate surface area is 140 Å². The SMILES string of the molecule is Cc1cc(NCc2ccc(-n3ccnc3C)nc2)c(C#N)c(C)n1. The first kappa shape index (κ1) is 15.7. The van der Waals surface area contributed by atoms with Gasteiger partial charge in [-0.3, -0.25) is 9.55 Å². The molecule has 0 atom stereocenters. The molecule has 3 aromatic heterocycles. The molecule has 0 fully saturated rings. The van der Waals surface area contributed by atoms with E-state index in [0.717, 1.165) is 34.3 Å². The summed E-state index contributed by atoms with van der Waals surface area (Å²) in [6.45, 7) is 6.30. The Bertz CT molecular complexity index is 902. The lowest BCUT2D eigenvalue weighted by atomic mass is 10.1. The van der Waals surface area contributed by atoms with Crippen molar-refractivity contribution in [3.8, 4) is 11.9 Å². The summed E-state index contributed by atoms with van der Waals surface area (Å²) < 4.78 is 1.93. The van der Waals surface area contributed by atoms with Gasteiger partial charge in [-0.25, -0.2) is 9.97 Å². The van der Waals surface area contributed by atoms with Crippen LogP contribution >= 0.6 is 0 Å². The van der Waals surface area contributed by atoms with E-state index in [1.165, 1.54) is 0 Å². The van der Waals surface area contributed by atoms with Gasteiger partial charge in [0.2, 0.25) is 0 Å². The van der Waals surface area contributed by atoms with Crippen molar-refractivity contribution in [2.75, 3.05) is 5.32 Å². The van der Waals surface area contributed by atoms with Gasteiger partial charge in [0.15, 0.2) is 0 Å². The fourth-order valence-corrected chi connectivity index (χ4v) is 2.59. The minimum Gasteiger partial charge on any atom is -0.380 e. The maximum Gasteiger partial charge on any atom is 0.137 e. The van der Waals surface area contributed by atoms with Gasteiger partial charge >= 0.3 is 0 Å². The molecular weight excluding hydrogens is 300 g/mol. The second kappa shape index (κ2) is 6.50. The minimum absolute atomic E-state index is 0.583. The Morgan fingerprint density at radius 1 is 1.21 bits per heavy atom. The van der Waals surface area contributed by atoms with E-state index < -0.39 is 0 Å². The number of hydrogen-bond donors (Lipinski definition) is 1. The average molecular weight is 318 g/mol. The second-order valence-electron chi connectivity index (χ2n) is 5.61. The largest absolute Gasteiger partial charge is 0.380 e. The van der Waals surface area contributed by atoms with Crippen LogP contribution in [0, 0.1) is 32.1 Å². The van der Waals surface area contributed by atoms with Crippen LogP contribution in [0.25, 0.3) is 5.82 Å². The van der Waals surface area contributed by atoms with Gasteiger partial charge < -0.3 is 5.32 Å². The van der Waals surface area contributed by atoms with Crippen LogP contribution in [0.5, 0.6) is 0 Å². The molecule has 0 aliphatic rings. The maximum atomic E-state index is 9.30. The monoisotopic (exact) mass is 318 g/mol. The molecule has 0 aliphatic heterocycles. The first-order valence-corrected chi connectivity index (χ1v) is 7.66. The molecule has 0 radical (unpaired) electrons. The molecule has 0 bridgehead atoms. The van der Waals surface area contributed by atoms with Gasteiger partial charge in [0.25, 0.3) is 0 Å². The van der Waals surface area contributed by atoms with Crippen molar-refractivity contribution in [1.82, 2.24) is 19.5 Å². The van der Waals surface area contributed by atoms with Crippen molar-refractivity contribution >= 4 is 5.69 Å². The molecule has 3 rings (SSSR count). The van der Waals surface area contributed by atoms with Gasteiger partial charge in [-0.05, 0) is 38.5 Å². The summed E-state index contributed by atoms with van der Waals surface area (Å²) in [5.41, 5.74) is 4.05. The summed E-state index contributed by atoms with van der Waals surface area (Å²) in [6.07, 6.45) is 5.47. The molecule has 3 aromatic rings. The molecule has 0 unspecified atom stereocenters. The number of anilines is 1. The lowest BCUT2D eigenvalue weighted by Crippen LogP contribution is -2.05. The van der Waals surface area contributed by atoms with Crippen molar-refractivity contribution < 1.29 is 0 Å². The Hall–Kier alpha value is -3.20. The molecule has 0 saturated heterocycles. The van der Waals surface area contributed by atoms with Gasteiger partial charge in [0.05, 0.1) is 16.9 Å². The van der Waals surface area contributed by atoms with Crippen LogP contribution in [0.1, 0.15) is 28.3 Å². The first-order valence-electron chi connectivity index (χ1n) is 7.66. The Balaban J connectivity index is 1.77. The lowest BCUT2D eigenvalue weighted by molar-refractivity contribution is 0.925. The molecule has 6 heteroatoms. The normalized spacial score (nSPS) is 10.4. The second-order valence-corrected chi connectivity index (χ2v) is 5.61. The van der Waals surface area contributed by atoms with Crippen molar-refractivity contribution in [2.24, 2.45) is 0 Å². The zero-order chi connectivity index (χ0) is 17.1. The lowest BCUT2D eigenvalue weighted by Gasteiger charge is -2.11. The summed E-state index contributed by atoms with van der Waals surface area (Å²) in [4.78, 5) is 13.0. The molecule has 1 N–H and O–H groups in total. The van der Waals surface area contributed by atoms with Crippen LogP contribution < -0.4 is 5.32 Å². The van der Waals surface area contributed by atoms with E-state index in [9.17, 15) is 5.26 Å². The number of nitriles is 1. The van der Waals surface area contributed by atoms with E-state index in [1.807, 2.05) is 55.9 Å². The fourth-order valence-electron chi connectivity index (χ4n) is 2.59. The third-order valence-electron chi connectivity index (χ3n) is 3.80. The maximum absolute atomic E-state index is 9.30. The average Bonchev–Trinajstić information content (AvgIpc) is 2.99. The molecular formula is C18H18N6. The summed E-state index contributed by atoms with van der Waals surface area (Å²) in [7, 11) is 0. The number of aryl methyl sites for hydroxylation is 3. The predicted octanol–water partition coefficient (Wildman–Crippen LogP) is 3.07. The highest BCUT2D eigenvalue weighted by Gasteiger charge is 2.08. The van der Waals surface area contributed by atoms with E-state index >= 15 is 0 Å². The van der Waals surface area contributed by atoms with Crippen LogP contribution in [0.4, 0.5) is 5.69 Å². The summed E-state index contributed by atoms with van der Waals surface area (Å²) in [5, 5.41) is 12.6. The van der Waals surface area contributed by atoms with Crippen LogP contribution in [-0.4, -0.2) is 19.5 Å². The Kier molecular flexibility index (Phi) is 4.25. The van der Waals surface area contributed by atoms with Gasteiger partial charge in [-0.2, -0.15) is 5.26 Å². The number of pyridine rings is 2. The third-order valence-corrected chi connectivity index (χ3v) is 3.80. The molecule has 24 heavy (non-hydrogen) atoms. The number of imidazole rings is 1. The molecule has 120 valence electrons. The third kappa shape index (κ3) is 3.10. The summed E-state index contributed by atoms with van der Waals surface area (Å²) in [5.74, 6) is 1.73. The zero-order valence-corrected chi connectivity index (χ0v) is 13.9. The molecule has 3 heterocycles. The molecule has 0 amide bonds. The topological polar surface area (TPSA) is 79.4 Å². The number of nitrogens with zero attached hydrogens (tertiary/aromatic N) is 5. The number of nitrogens with one attached hydrogen (secondary N) is 1. The highest BCUT2D eigenvalue weighted by atomic mass is 15.1. The van der Waals surface area contributed by atoms with E-state index in [-0.39, 0.29) is 0 Å². The van der Waals surface area contributed by atoms with Crippen LogP contribution in [0.15, 0.2) is 36.8 Å². The molecule has 6 nitrogen and oxygen atoms in total. The summed E-state index contributed by atoms with van der Waals surface area (Å²) in [6, 6.07) is 8.08. The highest BCUT2D eigenvalue weighted by molar-refractivity contribution is 5.60. The van der Waals surface area contributed by atoms with E-state index in [0.29, 0.717) is 12.1 Å². The fraction of sp³-hybridized carbons (Fsp3) is 0.222. The standard InChI is InChI=1S/C18H18N6/c1-12-8-17(16(9-19)13(2)23-12)21-10-15-4-5-18(22-11-15)24-7-6-20-14(24)3/h4-8,11H,10H2,1-3H3,(H,21,23). The predicted molar refractivity (Wildman–Crippen MR) is 91.8 cm³/mol. The summed E-state index contributed by atoms with van der Waals surface area (Å²) >= 11 is 0. The number of hydrogen-bond acceptors (Lipinski definition) is 5. The number of rotatable bonds is 4.